The molecule has 0 saturated carbocycles. The predicted molar refractivity (Wildman–Crippen MR) is 65.7 cm³/mol. The SMILES string of the molecule is COCOc1cc(C)c(OCOC)c(C)c1C. The van der Waals surface area contributed by atoms with Gasteiger partial charge < -0.3 is 18.9 Å². The van der Waals surface area contributed by atoms with E-state index in [0.717, 1.165) is 28.2 Å². The first-order valence-corrected chi connectivity index (χ1v) is 5.46. The van der Waals surface area contributed by atoms with Crippen molar-refractivity contribution in [3.63, 3.8) is 0 Å². The van der Waals surface area contributed by atoms with Gasteiger partial charge in [0.05, 0.1) is 0 Å². The van der Waals surface area contributed by atoms with Gasteiger partial charge in [0.15, 0.2) is 13.6 Å². The number of rotatable bonds is 6. The maximum absolute atomic E-state index is 5.55. The van der Waals surface area contributed by atoms with Crippen molar-refractivity contribution >= 4 is 0 Å². The second kappa shape index (κ2) is 6.47. The van der Waals surface area contributed by atoms with Gasteiger partial charge in [-0.3, -0.25) is 0 Å². The lowest BCUT2D eigenvalue weighted by Gasteiger charge is -2.17. The highest BCUT2D eigenvalue weighted by molar-refractivity contribution is 5.52. The van der Waals surface area contributed by atoms with Gasteiger partial charge >= 0.3 is 0 Å². The summed E-state index contributed by atoms with van der Waals surface area (Å²) in [6.07, 6.45) is 0. The molecule has 0 fully saturated rings. The minimum atomic E-state index is 0.248. The topological polar surface area (TPSA) is 36.9 Å². The van der Waals surface area contributed by atoms with E-state index >= 15 is 0 Å². The number of hydrogen-bond donors (Lipinski definition) is 0. The van der Waals surface area contributed by atoms with Crippen LogP contribution >= 0.6 is 0 Å². The highest BCUT2D eigenvalue weighted by atomic mass is 16.7. The normalized spacial score (nSPS) is 10.4. The van der Waals surface area contributed by atoms with Gasteiger partial charge in [-0.1, -0.05) is 0 Å². The highest BCUT2D eigenvalue weighted by Gasteiger charge is 2.12. The molecule has 0 aliphatic carbocycles. The van der Waals surface area contributed by atoms with Crippen LogP contribution in [-0.4, -0.2) is 27.8 Å². The van der Waals surface area contributed by atoms with Crippen LogP contribution in [0.2, 0.25) is 0 Å². The Morgan fingerprint density at radius 1 is 0.882 bits per heavy atom. The van der Waals surface area contributed by atoms with Gasteiger partial charge in [-0.15, -0.1) is 0 Å². The molecule has 0 N–H and O–H groups in total. The maximum atomic E-state index is 5.55. The molecule has 0 aliphatic rings. The zero-order valence-electron chi connectivity index (χ0n) is 11.1. The van der Waals surface area contributed by atoms with Crippen LogP contribution in [0, 0.1) is 20.8 Å². The van der Waals surface area contributed by atoms with Crippen LogP contribution < -0.4 is 9.47 Å². The van der Waals surface area contributed by atoms with E-state index in [2.05, 4.69) is 0 Å². The first-order chi connectivity index (χ1) is 8.11. The Hall–Kier alpha value is -1.26. The second-order valence-corrected chi connectivity index (χ2v) is 3.87. The van der Waals surface area contributed by atoms with Crippen molar-refractivity contribution in [1.82, 2.24) is 0 Å². The van der Waals surface area contributed by atoms with Gasteiger partial charge in [-0.05, 0) is 43.5 Å². The second-order valence-electron chi connectivity index (χ2n) is 3.87. The molecule has 0 unspecified atom stereocenters. The molecular weight excluding hydrogens is 220 g/mol. The van der Waals surface area contributed by atoms with Crippen molar-refractivity contribution in [2.24, 2.45) is 0 Å². The van der Waals surface area contributed by atoms with Gasteiger partial charge in [-0.2, -0.15) is 0 Å². The van der Waals surface area contributed by atoms with Crippen LogP contribution in [0.1, 0.15) is 16.7 Å². The molecule has 0 aromatic heterocycles. The third-order valence-electron chi connectivity index (χ3n) is 2.63. The standard InChI is InChI=1S/C13H20O4/c1-9-6-12(16-7-14-4)10(2)11(3)13(9)17-8-15-5/h6H,7-8H2,1-5H3. The number of ether oxygens (including phenoxy) is 4. The molecule has 96 valence electrons. The quantitative estimate of drug-likeness (QED) is 0.716. The third-order valence-corrected chi connectivity index (χ3v) is 2.63. The van der Waals surface area contributed by atoms with E-state index in [0.29, 0.717) is 0 Å². The summed E-state index contributed by atoms with van der Waals surface area (Å²) in [6.45, 7) is 6.49. The summed E-state index contributed by atoms with van der Waals surface area (Å²) in [5, 5.41) is 0. The van der Waals surface area contributed by atoms with Crippen molar-refractivity contribution in [3.8, 4) is 11.5 Å². The van der Waals surface area contributed by atoms with E-state index in [4.69, 9.17) is 18.9 Å². The summed E-state index contributed by atoms with van der Waals surface area (Å²) in [5.74, 6) is 1.68. The van der Waals surface area contributed by atoms with E-state index < -0.39 is 0 Å². The Kier molecular flexibility index (Phi) is 5.25. The van der Waals surface area contributed by atoms with E-state index in [1.165, 1.54) is 0 Å². The molecule has 0 amide bonds. The summed E-state index contributed by atoms with van der Waals surface area (Å²) in [6, 6.07) is 1.95. The molecular formula is C13H20O4. The van der Waals surface area contributed by atoms with E-state index in [1.54, 1.807) is 14.2 Å². The minimum Gasteiger partial charge on any atom is -0.467 e. The maximum Gasteiger partial charge on any atom is 0.188 e. The molecule has 0 saturated heterocycles. The van der Waals surface area contributed by atoms with Crippen molar-refractivity contribution in [1.29, 1.82) is 0 Å². The molecule has 17 heavy (non-hydrogen) atoms. The lowest BCUT2D eigenvalue weighted by molar-refractivity contribution is 0.0471. The van der Waals surface area contributed by atoms with Crippen molar-refractivity contribution in [3.05, 3.63) is 22.8 Å². The molecule has 4 nitrogen and oxygen atoms in total. The molecule has 0 atom stereocenters. The first kappa shape index (κ1) is 13.8. The smallest absolute Gasteiger partial charge is 0.188 e. The van der Waals surface area contributed by atoms with Crippen LogP contribution in [-0.2, 0) is 9.47 Å². The predicted octanol–water partition coefficient (Wildman–Crippen LogP) is 2.58. The van der Waals surface area contributed by atoms with Crippen LogP contribution in [0.4, 0.5) is 0 Å². The molecule has 1 aromatic rings. The fourth-order valence-electron chi connectivity index (χ4n) is 1.63. The molecule has 1 rings (SSSR count). The molecule has 4 heteroatoms. The molecule has 0 heterocycles. The Balaban J connectivity index is 2.99. The zero-order valence-corrected chi connectivity index (χ0v) is 11.1. The summed E-state index contributed by atoms with van der Waals surface area (Å²) < 4.78 is 20.9. The number of methoxy groups -OCH3 is 2. The van der Waals surface area contributed by atoms with E-state index in [9.17, 15) is 0 Å². The van der Waals surface area contributed by atoms with Crippen LogP contribution in [0.25, 0.3) is 0 Å². The van der Waals surface area contributed by atoms with Crippen molar-refractivity contribution in [2.45, 2.75) is 20.8 Å². The summed E-state index contributed by atoms with van der Waals surface area (Å²) in [5.41, 5.74) is 3.14. The summed E-state index contributed by atoms with van der Waals surface area (Å²) in [7, 11) is 3.21. The average Bonchev–Trinajstić information content (AvgIpc) is 2.32. The molecule has 0 radical (unpaired) electrons. The Bertz CT molecular complexity index is 374. The lowest BCUT2D eigenvalue weighted by Crippen LogP contribution is -2.06. The number of aryl methyl sites for hydroxylation is 1. The monoisotopic (exact) mass is 240 g/mol. The summed E-state index contributed by atoms with van der Waals surface area (Å²) >= 11 is 0. The van der Waals surface area contributed by atoms with Crippen molar-refractivity contribution < 1.29 is 18.9 Å². The molecule has 1 aromatic carbocycles. The van der Waals surface area contributed by atoms with Gasteiger partial charge in [0.25, 0.3) is 0 Å². The minimum absolute atomic E-state index is 0.248. The van der Waals surface area contributed by atoms with Gasteiger partial charge in [0.2, 0.25) is 0 Å². The van der Waals surface area contributed by atoms with Gasteiger partial charge in [0.1, 0.15) is 11.5 Å². The van der Waals surface area contributed by atoms with Gasteiger partial charge in [-0.25, -0.2) is 0 Å². The third kappa shape index (κ3) is 3.35. The molecule has 0 spiro atoms. The number of benzene rings is 1. The Labute approximate surface area is 102 Å². The lowest BCUT2D eigenvalue weighted by atomic mass is 10.0. The van der Waals surface area contributed by atoms with Gasteiger partial charge in [0, 0.05) is 14.2 Å². The first-order valence-electron chi connectivity index (χ1n) is 5.46. The van der Waals surface area contributed by atoms with E-state index in [-0.39, 0.29) is 13.6 Å². The van der Waals surface area contributed by atoms with E-state index in [1.807, 2.05) is 26.8 Å². The zero-order chi connectivity index (χ0) is 12.8. The molecule has 0 bridgehead atoms. The van der Waals surface area contributed by atoms with Crippen LogP contribution in [0.3, 0.4) is 0 Å². The molecule has 0 aliphatic heterocycles. The Morgan fingerprint density at radius 2 is 1.47 bits per heavy atom. The fraction of sp³-hybridized carbons (Fsp3) is 0.538. The number of hydrogen-bond acceptors (Lipinski definition) is 4. The largest absolute Gasteiger partial charge is 0.467 e. The fourth-order valence-corrected chi connectivity index (χ4v) is 1.63. The Morgan fingerprint density at radius 3 is 2.06 bits per heavy atom. The van der Waals surface area contributed by atoms with Crippen LogP contribution in [0.5, 0.6) is 11.5 Å². The highest BCUT2D eigenvalue weighted by Crippen LogP contribution is 2.33. The summed E-state index contributed by atoms with van der Waals surface area (Å²) in [4.78, 5) is 0. The van der Waals surface area contributed by atoms with Crippen LogP contribution in [0.15, 0.2) is 6.07 Å². The average molecular weight is 240 g/mol. The van der Waals surface area contributed by atoms with Crippen molar-refractivity contribution in [2.75, 3.05) is 27.8 Å².